The van der Waals surface area contributed by atoms with Gasteiger partial charge in [-0.2, -0.15) is 5.10 Å². The van der Waals surface area contributed by atoms with Crippen LogP contribution in [0.5, 0.6) is 0 Å². The van der Waals surface area contributed by atoms with Crippen molar-refractivity contribution in [3.8, 4) is 0 Å². The molecule has 3 fully saturated rings. The fourth-order valence-electron chi connectivity index (χ4n) is 4.10. The monoisotopic (exact) mass is 293 g/mol. The van der Waals surface area contributed by atoms with Crippen LogP contribution in [-0.2, 0) is 4.79 Å². The molecule has 0 spiro atoms. The summed E-state index contributed by atoms with van der Waals surface area (Å²) in [5, 5.41) is 5.05. The van der Waals surface area contributed by atoms with Crippen LogP contribution in [0.1, 0.15) is 51.0 Å². The van der Waals surface area contributed by atoms with Gasteiger partial charge < -0.3 is 4.90 Å². The van der Waals surface area contributed by atoms with Crippen LogP contribution in [0.25, 0.3) is 0 Å². The van der Waals surface area contributed by atoms with Gasteiger partial charge in [0.1, 0.15) is 0 Å². The number of carbonyl (C=O) groups excluding carboxylic acids is 1. The molecule has 0 N–H and O–H groups in total. The van der Waals surface area contributed by atoms with E-state index in [9.17, 15) is 4.79 Å². The van der Waals surface area contributed by atoms with Crippen molar-refractivity contribution >= 4 is 17.5 Å². The van der Waals surface area contributed by atoms with Crippen LogP contribution in [-0.4, -0.2) is 32.7 Å². The topological polar surface area (TPSA) is 38.1 Å². The van der Waals surface area contributed by atoms with E-state index in [0.717, 1.165) is 38.5 Å². The highest BCUT2D eigenvalue weighted by Gasteiger charge is 2.46. The Bertz CT molecular complexity index is 511. The lowest BCUT2D eigenvalue weighted by atomic mass is 9.83. The number of carbonyl (C=O) groups is 1. The van der Waals surface area contributed by atoms with Crippen molar-refractivity contribution in [1.29, 1.82) is 0 Å². The fourth-order valence-corrected chi connectivity index (χ4v) is 4.25. The van der Waals surface area contributed by atoms with E-state index in [0.29, 0.717) is 35.0 Å². The number of rotatable bonds is 2. The van der Waals surface area contributed by atoms with Gasteiger partial charge in [0.2, 0.25) is 5.91 Å². The van der Waals surface area contributed by atoms with E-state index >= 15 is 0 Å². The van der Waals surface area contributed by atoms with Crippen molar-refractivity contribution in [3.05, 3.63) is 17.4 Å². The standard InChI is InChI=1S/C15H20ClN3O/c16-11-8-17-18(9-11)14-6-12-4-5-13(7-14)19(12)15(20)10-2-1-3-10/h8-10,12-14H,1-7H2. The van der Waals surface area contributed by atoms with Gasteiger partial charge in [0.25, 0.3) is 0 Å². The Morgan fingerprint density at radius 1 is 1.15 bits per heavy atom. The molecule has 4 rings (SSSR count). The number of hydrogen-bond acceptors (Lipinski definition) is 2. The highest BCUT2D eigenvalue weighted by molar-refractivity contribution is 6.30. The second-order valence-corrected chi connectivity index (χ2v) is 6.96. The summed E-state index contributed by atoms with van der Waals surface area (Å²) in [5.41, 5.74) is 0. The normalized spacial score (nSPS) is 33.2. The van der Waals surface area contributed by atoms with Crippen LogP contribution in [0.4, 0.5) is 0 Å². The lowest BCUT2D eigenvalue weighted by molar-refractivity contribution is -0.143. The molecule has 0 radical (unpaired) electrons. The molecule has 5 heteroatoms. The Balaban J connectivity index is 1.50. The Morgan fingerprint density at radius 3 is 2.35 bits per heavy atom. The number of aromatic nitrogens is 2. The van der Waals surface area contributed by atoms with E-state index in [1.165, 1.54) is 6.42 Å². The third-order valence-electron chi connectivity index (χ3n) is 5.36. The number of hydrogen-bond donors (Lipinski definition) is 0. The number of piperidine rings is 1. The fraction of sp³-hybridized carbons (Fsp3) is 0.733. The number of fused-ring (bicyclic) bond motifs is 2. The van der Waals surface area contributed by atoms with Crippen LogP contribution in [0.15, 0.2) is 12.4 Å². The van der Waals surface area contributed by atoms with E-state index in [2.05, 4.69) is 10.00 Å². The molecule has 1 aliphatic carbocycles. The zero-order valence-corrected chi connectivity index (χ0v) is 12.3. The van der Waals surface area contributed by atoms with Crippen LogP contribution in [0.2, 0.25) is 5.02 Å². The number of halogens is 1. The average molecular weight is 294 g/mol. The third-order valence-corrected chi connectivity index (χ3v) is 5.56. The Kier molecular flexibility index (Phi) is 3.02. The molecule has 2 aliphatic heterocycles. The van der Waals surface area contributed by atoms with Crippen molar-refractivity contribution < 1.29 is 4.79 Å². The van der Waals surface area contributed by atoms with Crippen molar-refractivity contribution in [2.45, 2.75) is 63.1 Å². The molecule has 1 aromatic rings. The molecule has 108 valence electrons. The second-order valence-electron chi connectivity index (χ2n) is 6.52. The van der Waals surface area contributed by atoms with E-state index < -0.39 is 0 Å². The molecule has 2 bridgehead atoms. The first-order valence-corrected chi connectivity index (χ1v) is 8.12. The summed E-state index contributed by atoms with van der Waals surface area (Å²) < 4.78 is 2.00. The van der Waals surface area contributed by atoms with E-state index in [1.54, 1.807) is 6.20 Å². The summed E-state index contributed by atoms with van der Waals surface area (Å²) in [7, 11) is 0. The first-order chi connectivity index (χ1) is 9.72. The van der Waals surface area contributed by atoms with Crippen molar-refractivity contribution in [2.24, 2.45) is 5.92 Å². The summed E-state index contributed by atoms with van der Waals surface area (Å²) in [6, 6.07) is 1.26. The van der Waals surface area contributed by atoms with Gasteiger partial charge in [0.15, 0.2) is 0 Å². The molecule has 1 saturated carbocycles. The minimum Gasteiger partial charge on any atom is -0.336 e. The lowest BCUT2D eigenvalue weighted by Crippen LogP contribution is -2.50. The molecule has 2 saturated heterocycles. The van der Waals surface area contributed by atoms with Crippen LogP contribution < -0.4 is 0 Å². The Morgan fingerprint density at radius 2 is 1.85 bits per heavy atom. The molecule has 2 unspecified atom stereocenters. The minimum absolute atomic E-state index is 0.328. The smallest absolute Gasteiger partial charge is 0.226 e. The maximum atomic E-state index is 12.6. The van der Waals surface area contributed by atoms with Gasteiger partial charge in [-0.3, -0.25) is 9.48 Å². The summed E-state index contributed by atoms with van der Waals surface area (Å²) in [5.74, 6) is 0.759. The molecular weight excluding hydrogens is 274 g/mol. The van der Waals surface area contributed by atoms with Crippen molar-refractivity contribution in [3.63, 3.8) is 0 Å². The van der Waals surface area contributed by atoms with Crippen molar-refractivity contribution in [1.82, 2.24) is 14.7 Å². The van der Waals surface area contributed by atoms with Gasteiger partial charge in [0, 0.05) is 24.2 Å². The second kappa shape index (κ2) is 4.76. The highest BCUT2D eigenvalue weighted by atomic mass is 35.5. The molecule has 2 atom stereocenters. The number of nitrogens with zero attached hydrogens (tertiary/aromatic N) is 3. The first-order valence-electron chi connectivity index (χ1n) is 7.74. The summed E-state index contributed by atoms with van der Waals surface area (Å²) >= 11 is 5.97. The SMILES string of the molecule is O=C(C1CCC1)N1C2CCC1CC(n1cc(Cl)cn1)C2. The maximum absolute atomic E-state index is 12.6. The Labute approximate surface area is 124 Å². The van der Waals surface area contributed by atoms with Crippen LogP contribution in [0.3, 0.4) is 0 Å². The van der Waals surface area contributed by atoms with E-state index in [4.69, 9.17) is 11.6 Å². The summed E-state index contributed by atoms with van der Waals surface area (Å²) in [4.78, 5) is 14.8. The van der Waals surface area contributed by atoms with Crippen LogP contribution >= 0.6 is 11.6 Å². The molecule has 4 nitrogen and oxygen atoms in total. The van der Waals surface area contributed by atoms with E-state index in [-0.39, 0.29) is 0 Å². The molecule has 1 aromatic heterocycles. The highest BCUT2D eigenvalue weighted by Crippen LogP contribution is 2.43. The van der Waals surface area contributed by atoms with Crippen molar-refractivity contribution in [2.75, 3.05) is 0 Å². The summed E-state index contributed by atoms with van der Waals surface area (Å²) in [6.45, 7) is 0. The Hall–Kier alpha value is -1.03. The zero-order chi connectivity index (χ0) is 13.7. The predicted octanol–water partition coefficient (Wildman–Crippen LogP) is 3.03. The maximum Gasteiger partial charge on any atom is 0.226 e. The minimum atomic E-state index is 0.328. The van der Waals surface area contributed by atoms with Gasteiger partial charge in [-0.1, -0.05) is 18.0 Å². The van der Waals surface area contributed by atoms with E-state index in [1.807, 2.05) is 10.9 Å². The van der Waals surface area contributed by atoms with Gasteiger partial charge in [-0.05, 0) is 38.5 Å². The lowest BCUT2D eigenvalue weighted by Gasteiger charge is -2.42. The van der Waals surface area contributed by atoms with Crippen LogP contribution in [0, 0.1) is 5.92 Å². The largest absolute Gasteiger partial charge is 0.336 e. The average Bonchev–Trinajstić information content (AvgIpc) is 2.89. The zero-order valence-electron chi connectivity index (χ0n) is 11.5. The summed E-state index contributed by atoms with van der Waals surface area (Å²) in [6.07, 6.45) is 11.4. The first kappa shape index (κ1) is 12.7. The molecule has 0 aromatic carbocycles. The van der Waals surface area contributed by atoms with Gasteiger partial charge >= 0.3 is 0 Å². The van der Waals surface area contributed by atoms with Gasteiger partial charge in [-0.25, -0.2) is 0 Å². The molecule has 3 heterocycles. The molecule has 3 aliphatic rings. The van der Waals surface area contributed by atoms with Gasteiger partial charge in [-0.15, -0.1) is 0 Å². The quantitative estimate of drug-likeness (QED) is 0.840. The predicted molar refractivity (Wildman–Crippen MR) is 76.5 cm³/mol. The third kappa shape index (κ3) is 1.96. The molecule has 1 amide bonds. The molecular formula is C15H20ClN3O. The molecule has 20 heavy (non-hydrogen) atoms. The number of amides is 1. The van der Waals surface area contributed by atoms with Gasteiger partial charge in [0.05, 0.1) is 17.3 Å².